The molecule has 5 rings (SSSR count). The monoisotopic (exact) mass is 840 g/mol. The Morgan fingerprint density at radius 2 is 1.04 bits per heavy atom. The van der Waals surface area contributed by atoms with Crippen LogP contribution in [0.1, 0.15) is 77.3 Å². The number of alkyl halides is 3. The quantitative estimate of drug-likeness (QED) is 0.120. The zero-order valence-corrected chi connectivity index (χ0v) is 34.5. The van der Waals surface area contributed by atoms with Gasteiger partial charge >= 0.3 is 15.5 Å². The van der Waals surface area contributed by atoms with Crippen molar-refractivity contribution in [1.82, 2.24) is 0 Å². The molecule has 1 saturated carbocycles. The second-order valence-electron chi connectivity index (χ2n) is 15.3. The minimum absolute atomic E-state index is 0.0861. The highest BCUT2D eigenvalue weighted by atomic mass is 32.2. The largest absolute Gasteiger partial charge is 0.560 e. The van der Waals surface area contributed by atoms with Gasteiger partial charge in [-0.05, 0) is 73.9 Å². The molecule has 2 aliphatic heterocycles. The van der Waals surface area contributed by atoms with Gasteiger partial charge in [0.25, 0.3) is 20.2 Å². The first kappa shape index (κ1) is 43.4. The van der Waals surface area contributed by atoms with Crippen LogP contribution in [0.25, 0.3) is 0 Å². The van der Waals surface area contributed by atoms with E-state index in [2.05, 4.69) is 0 Å². The molecule has 0 atom stereocenters. The standard InChI is InChI=1S/C39H48F3N3O8S3/c1-37(2)30-14-6-8-16-32(30)44(24-10-12-26-54(46,47)48)34(37)22-20-28-18-19-29(36(28)43(5)56(52,53)39(40,41)42)21-23-35-38(3,4)31-15-7-9-17-33(31)45(35)25-11-13-27-55(49,50)51/h6-9,14-17,20-23H,10-13,18-19,24-27H2,1-5H3,(H-,46,47,48,49,50,51)/p+1. The zero-order chi connectivity index (χ0) is 41.5. The maximum Gasteiger partial charge on any atom is 0.560 e. The van der Waals surface area contributed by atoms with Crippen LogP contribution >= 0.6 is 0 Å². The van der Waals surface area contributed by atoms with Crippen LogP contribution in [0.5, 0.6) is 0 Å². The van der Waals surface area contributed by atoms with Gasteiger partial charge in [0.1, 0.15) is 0 Å². The van der Waals surface area contributed by atoms with Crippen LogP contribution in [0.15, 0.2) is 95.4 Å². The van der Waals surface area contributed by atoms with E-state index in [-0.39, 0.29) is 31.4 Å². The van der Waals surface area contributed by atoms with E-state index >= 15 is 0 Å². The molecule has 3 aliphatic rings. The van der Waals surface area contributed by atoms with Gasteiger partial charge in [-0.2, -0.15) is 38.4 Å². The fourth-order valence-electron chi connectivity index (χ4n) is 7.95. The van der Waals surface area contributed by atoms with Gasteiger partial charge in [0.05, 0.1) is 11.5 Å². The molecule has 56 heavy (non-hydrogen) atoms. The number of anilines is 2. The molecule has 2 N–H and O–H groups in total. The fraction of sp³-hybridized carbons (Fsp3) is 0.462. The van der Waals surface area contributed by atoms with E-state index in [0.717, 1.165) is 40.9 Å². The second-order valence-corrected chi connectivity index (χ2v) is 20.4. The Hall–Kier alpha value is -3.77. The average molecular weight is 841 g/mol. The molecule has 1 aliphatic carbocycles. The average Bonchev–Trinajstić information content (AvgIpc) is 3.66. The molecule has 0 amide bonds. The summed E-state index contributed by atoms with van der Waals surface area (Å²) < 4.78 is 132. The minimum atomic E-state index is -5.80. The number of nitrogens with zero attached hydrogens (tertiary/aromatic N) is 3. The van der Waals surface area contributed by atoms with Crippen molar-refractivity contribution in [3.8, 4) is 0 Å². The molecule has 0 radical (unpaired) electrons. The number of benzene rings is 2. The first-order valence-corrected chi connectivity index (χ1v) is 22.9. The third-order valence-corrected chi connectivity index (χ3v) is 13.9. The SMILES string of the molecule is C[N+](=C1/C(=C/C=C2/N(CCCCS(=O)(=O)O)c3ccccc3C2(C)C)CC/C1=C\C=C1\N(CCCCS(=O)(=O)O)c2ccccc2C1(C)C)S(=O)(=O)C(F)(F)F. The highest BCUT2D eigenvalue weighted by Crippen LogP contribution is 2.49. The lowest BCUT2D eigenvalue weighted by atomic mass is 9.83. The van der Waals surface area contributed by atoms with Crippen molar-refractivity contribution in [1.29, 1.82) is 0 Å². The molecule has 0 spiro atoms. The number of sulfonamides is 1. The van der Waals surface area contributed by atoms with Gasteiger partial charge in [-0.15, -0.1) is 3.98 Å². The van der Waals surface area contributed by atoms with Crippen molar-refractivity contribution >= 4 is 47.3 Å². The van der Waals surface area contributed by atoms with Crippen molar-refractivity contribution in [3.63, 3.8) is 0 Å². The summed E-state index contributed by atoms with van der Waals surface area (Å²) in [5.41, 5.74) is -0.716. The van der Waals surface area contributed by atoms with Crippen molar-refractivity contribution in [2.45, 2.75) is 82.6 Å². The Bertz CT molecular complexity index is 2220. The molecular formula is C39H49F3N3O8S3+. The number of rotatable bonds is 13. The molecular weight excluding hydrogens is 792 g/mol. The van der Waals surface area contributed by atoms with Crippen LogP contribution in [0.2, 0.25) is 0 Å². The number of hydrogen-bond donors (Lipinski definition) is 2. The van der Waals surface area contributed by atoms with Gasteiger partial charge < -0.3 is 9.80 Å². The Morgan fingerprint density at radius 3 is 1.39 bits per heavy atom. The van der Waals surface area contributed by atoms with Crippen molar-refractivity contribution in [2.75, 3.05) is 41.4 Å². The summed E-state index contributed by atoms with van der Waals surface area (Å²) in [5.74, 6) is -0.790. The first-order valence-electron chi connectivity index (χ1n) is 18.3. The van der Waals surface area contributed by atoms with Crippen LogP contribution in [0.4, 0.5) is 24.5 Å². The lowest BCUT2D eigenvalue weighted by Gasteiger charge is -2.27. The molecule has 0 unspecified atom stereocenters. The van der Waals surface area contributed by atoms with Crippen molar-refractivity contribution in [3.05, 3.63) is 107 Å². The Kier molecular flexibility index (Phi) is 12.3. The van der Waals surface area contributed by atoms with Crippen molar-refractivity contribution < 1.29 is 51.5 Å². The van der Waals surface area contributed by atoms with Crippen LogP contribution in [0.3, 0.4) is 0 Å². The molecule has 17 heteroatoms. The molecule has 0 saturated heterocycles. The summed E-state index contributed by atoms with van der Waals surface area (Å²) in [4.78, 5) is 4.04. The maximum absolute atomic E-state index is 14.1. The van der Waals surface area contributed by atoms with Crippen LogP contribution in [0, 0.1) is 0 Å². The second kappa shape index (κ2) is 15.9. The first-order chi connectivity index (χ1) is 25.9. The topological polar surface area (TPSA) is 152 Å². The highest BCUT2D eigenvalue weighted by Gasteiger charge is 2.55. The minimum Gasteiger partial charge on any atom is -0.344 e. The lowest BCUT2D eigenvalue weighted by molar-refractivity contribution is -0.340. The third kappa shape index (κ3) is 9.01. The van der Waals surface area contributed by atoms with E-state index in [1.54, 1.807) is 24.3 Å². The zero-order valence-electron chi connectivity index (χ0n) is 32.0. The van der Waals surface area contributed by atoms with Crippen molar-refractivity contribution in [2.24, 2.45) is 0 Å². The van der Waals surface area contributed by atoms with Gasteiger partial charge in [-0.25, -0.2) is 0 Å². The Labute approximate surface area is 328 Å². The maximum atomic E-state index is 14.1. The number of halogens is 3. The molecule has 2 aromatic rings. The predicted octanol–water partition coefficient (Wildman–Crippen LogP) is 7.27. The van der Waals surface area contributed by atoms with E-state index in [1.165, 1.54) is 0 Å². The Morgan fingerprint density at radius 1 is 0.661 bits per heavy atom. The van der Waals surface area contributed by atoms with E-state index < -0.39 is 58.1 Å². The predicted molar refractivity (Wildman–Crippen MR) is 213 cm³/mol. The van der Waals surface area contributed by atoms with E-state index in [1.807, 2.05) is 86.0 Å². The molecule has 2 aromatic carbocycles. The number of para-hydroxylation sites is 2. The van der Waals surface area contributed by atoms with Gasteiger partial charge in [-0.3, -0.25) is 9.11 Å². The summed E-state index contributed by atoms with van der Waals surface area (Å²) in [6.07, 6.45) is 8.65. The highest BCUT2D eigenvalue weighted by molar-refractivity contribution is 7.86. The van der Waals surface area contributed by atoms with Crippen LogP contribution in [-0.4, -0.2) is 81.2 Å². The van der Waals surface area contributed by atoms with E-state index in [0.29, 0.717) is 41.1 Å². The lowest BCUT2D eigenvalue weighted by Crippen LogP contribution is -2.35. The van der Waals surface area contributed by atoms with Crippen LogP contribution in [-0.2, 0) is 41.1 Å². The number of allylic oxidation sites excluding steroid dienone is 8. The summed E-state index contributed by atoms with van der Waals surface area (Å²) in [5, 5.41) is 0. The molecule has 2 heterocycles. The van der Waals surface area contributed by atoms with Gasteiger partial charge in [-0.1, -0.05) is 76.2 Å². The smallest absolute Gasteiger partial charge is 0.344 e. The third-order valence-electron chi connectivity index (χ3n) is 10.8. The molecule has 0 bridgehead atoms. The van der Waals surface area contributed by atoms with Crippen LogP contribution < -0.4 is 9.80 Å². The number of unbranched alkanes of at least 4 members (excludes halogenated alkanes) is 2. The molecule has 1 fully saturated rings. The summed E-state index contributed by atoms with van der Waals surface area (Å²) in [6.45, 7) is 8.80. The van der Waals surface area contributed by atoms with E-state index in [4.69, 9.17) is 0 Å². The number of fused-ring (bicyclic) bond motifs is 2. The van der Waals surface area contributed by atoms with Gasteiger partial charge in [0, 0.05) is 57.8 Å². The summed E-state index contributed by atoms with van der Waals surface area (Å²) in [6, 6.07) is 15.3. The van der Waals surface area contributed by atoms with Gasteiger partial charge in [0.15, 0.2) is 7.05 Å². The number of hydrogen-bond acceptors (Lipinski definition) is 8. The normalized spacial score (nSPS) is 21.1. The molecule has 0 aromatic heterocycles. The molecule has 306 valence electrons. The van der Waals surface area contributed by atoms with Gasteiger partial charge in [0.2, 0.25) is 5.71 Å². The summed E-state index contributed by atoms with van der Waals surface area (Å²) >= 11 is 0. The van der Waals surface area contributed by atoms with E-state index in [9.17, 15) is 47.5 Å². The fourth-order valence-corrected chi connectivity index (χ4v) is 9.87. The molecule has 11 nitrogen and oxygen atoms in total. The Balaban J connectivity index is 1.59. The summed E-state index contributed by atoms with van der Waals surface area (Å²) in [7, 11) is -13.2.